The number of hydrogen-bond acceptors (Lipinski definition) is 2. The lowest BCUT2D eigenvalue weighted by atomic mass is 9.97. The van der Waals surface area contributed by atoms with Gasteiger partial charge in [-0.15, -0.1) is 0 Å². The van der Waals surface area contributed by atoms with Crippen molar-refractivity contribution < 1.29 is 5.11 Å². The Bertz CT molecular complexity index is 1170. The average Bonchev–Trinajstić information content (AvgIpc) is 2.73. The molecule has 4 rings (SSSR count). The molecule has 0 aliphatic heterocycles. The SMILES string of the molecule is Cc1c(-c2ccccc2)c(=O)c2cc(-c3ccc(CO)cc3)ccc2n1C. The Hall–Kier alpha value is -3.17. The van der Waals surface area contributed by atoms with Gasteiger partial charge in [0.25, 0.3) is 0 Å². The second-order valence-electron chi connectivity index (χ2n) is 6.80. The van der Waals surface area contributed by atoms with Gasteiger partial charge in [-0.2, -0.15) is 0 Å². The number of benzene rings is 3. The van der Waals surface area contributed by atoms with Crippen LogP contribution in [0.5, 0.6) is 0 Å². The number of aromatic nitrogens is 1. The third-order valence-electron chi connectivity index (χ3n) is 5.23. The summed E-state index contributed by atoms with van der Waals surface area (Å²) in [5.41, 5.74) is 6.52. The molecule has 1 aromatic heterocycles. The topological polar surface area (TPSA) is 42.2 Å². The Morgan fingerprint density at radius 3 is 2.19 bits per heavy atom. The van der Waals surface area contributed by atoms with Crippen molar-refractivity contribution in [3.8, 4) is 22.3 Å². The van der Waals surface area contributed by atoms with Crippen LogP contribution in [0.25, 0.3) is 33.2 Å². The van der Waals surface area contributed by atoms with Gasteiger partial charge in [0.15, 0.2) is 5.43 Å². The molecule has 0 aliphatic carbocycles. The Kier molecular flexibility index (Phi) is 4.38. The van der Waals surface area contributed by atoms with E-state index < -0.39 is 0 Å². The van der Waals surface area contributed by atoms with Gasteiger partial charge in [0.1, 0.15) is 0 Å². The first kappa shape index (κ1) is 17.3. The number of rotatable bonds is 3. The maximum absolute atomic E-state index is 13.3. The van der Waals surface area contributed by atoms with Crippen LogP contribution in [-0.4, -0.2) is 9.67 Å². The van der Waals surface area contributed by atoms with Crippen LogP contribution in [0.2, 0.25) is 0 Å². The summed E-state index contributed by atoms with van der Waals surface area (Å²) in [6.45, 7) is 2.02. The van der Waals surface area contributed by atoms with Crippen molar-refractivity contribution in [2.75, 3.05) is 0 Å². The number of hydrogen-bond donors (Lipinski definition) is 1. The van der Waals surface area contributed by atoms with Crippen molar-refractivity contribution in [3.05, 3.63) is 94.3 Å². The number of aliphatic hydroxyl groups is 1. The lowest BCUT2D eigenvalue weighted by Crippen LogP contribution is -2.14. The van der Waals surface area contributed by atoms with Crippen LogP contribution in [-0.2, 0) is 13.7 Å². The van der Waals surface area contributed by atoms with E-state index in [2.05, 4.69) is 4.57 Å². The fourth-order valence-electron chi connectivity index (χ4n) is 3.58. The minimum atomic E-state index is 0.0260. The molecule has 0 bridgehead atoms. The number of pyridine rings is 1. The zero-order chi connectivity index (χ0) is 19.0. The summed E-state index contributed by atoms with van der Waals surface area (Å²) in [4.78, 5) is 13.3. The van der Waals surface area contributed by atoms with Crippen LogP contribution in [0.4, 0.5) is 0 Å². The van der Waals surface area contributed by atoms with Crippen LogP contribution < -0.4 is 5.43 Å². The van der Waals surface area contributed by atoms with Gasteiger partial charge in [0.2, 0.25) is 0 Å². The molecule has 134 valence electrons. The van der Waals surface area contributed by atoms with Crippen LogP contribution in [0, 0.1) is 6.92 Å². The smallest absolute Gasteiger partial charge is 0.197 e. The molecule has 0 radical (unpaired) electrons. The van der Waals surface area contributed by atoms with Crippen molar-refractivity contribution in [3.63, 3.8) is 0 Å². The quantitative estimate of drug-likeness (QED) is 0.580. The fourth-order valence-corrected chi connectivity index (χ4v) is 3.58. The molecule has 4 aromatic rings. The van der Waals surface area contributed by atoms with E-state index in [1.54, 1.807) is 0 Å². The van der Waals surface area contributed by atoms with Gasteiger partial charge in [0, 0.05) is 23.7 Å². The largest absolute Gasteiger partial charge is 0.392 e. The predicted octanol–water partition coefficient (Wildman–Crippen LogP) is 4.67. The molecule has 3 nitrogen and oxygen atoms in total. The standard InChI is InChI=1S/C24H21NO2/c1-16-23(19-6-4-3-5-7-19)24(27)21-14-20(12-13-22(21)25(16)2)18-10-8-17(15-26)9-11-18/h3-14,26H,15H2,1-2H3. The summed E-state index contributed by atoms with van der Waals surface area (Å²) >= 11 is 0. The Morgan fingerprint density at radius 1 is 0.852 bits per heavy atom. The number of aryl methyl sites for hydroxylation is 1. The number of nitrogens with zero attached hydrogens (tertiary/aromatic N) is 1. The monoisotopic (exact) mass is 355 g/mol. The molecule has 0 unspecified atom stereocenters. The van der Waals surface area contributed by atoms with Crippen molar-refractivity contribution in [2.45, 2.75) is 13.5 Å². The Labute approximate surface area is 158 Å². The highest BCUT2D eigenvalue weighted by molar-refractivity contribution is 5.89. The van der Waals surface area contributed by atoms with E-state index in [0.717, 1.165) is 39.0 Å². The van der Waals surface area contributed by atoms with Crippen molar-refractivity contribution in [1.82, 2.24) is 4.57 Å². The maximum atomic E-state index is 13.3. The van der Waals surface area contributed by atoms with Gasteiger partial charge in [-0.25, -0.2) is 0 Å². The van der Waals surface area contributed by atoms with E-state index in [-0.39, 0.29) is 12.0 Å². The van der Waals surface area contributed by atoms with E-state index in [1.807, 2.05) is 86.8 Å². The zero-order valence-electron chi connectivity index (χ0n) is 15.4. The van der Waals surface area contributed by atoms with E-state index in [1.165, 1.54) is 0 Å². The highest BCUT2D eigenvalue weighted by Gasteiger charge is 2.14. The molecular weight excluding hydrogens is 334 g/mol. The van der Waals surface area contributed by atoms with Gasteiger partial charge < -0.3 is 9.67 Å². The normalized spacial score (nSPS) is 11.1. The molecule has 1 N–H and O–H groups in total. The lowest BCUT2D eigenvalue weighted by molar-refractivity contribution is 0.282. The zero-order valence-corrected chi connectivity index (χ0v) is 15.4. The summed E-state index contributed by atoms with van der Waals surface area (Å²) in [5, 5.41) is 9.94. The predicted molar refractivity (Wildman–Crippen MR) is 111 cm³/mol. The second kappa shape index (κ2) is 6.86. The van der Waals surface area contributed by atoms with E-state index in [9.17, 15) is 9.90 Å². The minimum Gasteiger partial charge on any atom is -0.392 e. The summed E-state index contributed by atoms with van der Waals surface area (Å²) in [7, 11) is 2.00. The first-order chi connectivity index (χ1) is 13.1. The van der Waals surface area contributed by atoms with Gasteiger partial charge in [-0.05, 0) is 41.3 Å². The Morgan fingerprint density at radius 2 is 1.52 bits per heavy atom. The van der Waals surface area contributed by atoms with E-state index >= 15 is 0 Å². The van der Waals surface area contributed by atoms with Crippen molar-refractivity contribution in [2.24, 2.45) is 7.05 Å². The third kappa shape index (κ3) is 2.96. The molecule has 0 aliphatic rings. The number of fused-ring (bicyclic) bond motifs is 1. The van der Waals surface area contributed by atoms with E-state index in [0.29, 0.717) is 5.39 Å². The average molecular weight is 355 g/mol. The summed E-state index contributed by atoms with van der Waals surface area (Å²) in [6.07, 6.45) is 0. The fraction of sp³-hybridized carbons (Fsp3) is 0.125. The molecule has 27 heavy (non-hydrogen) atoms. The van der Waals surface area contributed by atoms with Crippen molar-refractivity contribution >= 4 is 10.9 Å². The van der Waals surface area contributed by atoms with Gasteiger partial charge >= 0.3 is 0 Å². The van der Waals surface area contributed by atoms with Crippen molar-refractivity contribution in [1.29, 1.82) is 0 Å². The molecule has 0 atom stereocenters. The second-order valence-corrected chi connectivity index (χ2v) is 6.80. The Balaban J connectivity index is 1.96. The van der Waals surface area contributed by atoms with E-state index in [4.69, 9.17) is 0 Å². The summed E-state index contributed by atoms with van der Waals surface area (Å²) in [5.74, 6) is 0. The van der Waals surface area contributed by atoms with Crippen LogP contribution in [0.1, 0.15) is 11.3 Å². The first-order valence-electron chi connectivity index (χ1n) is 8.99. The maximum Gasteiger partial charge on any atom is 0.197 e. The van der Waals surface area contributed by atoms with Gasteiger partial charge in [-0.1, -0.05) is 60.7 Å². The highest BCUT2D eigenvalue weighted by atomic mass is 16.3. The highest BCUT2D eigenvalue weighted by Crippen LogP contribution is 2.27. The molecular formula is C24H21NO2. The minimum absolute atomic E-state index is 0.0260. The van der Waals surface area contributed by atoms with Crippen LogP contribution >= 0.6 is 0 Å². The molecule has 0 fully saturated rings. The van der Waals surface area contributed by atoms with Gasteiger partial charge in [-0.3, -0.25) is 4.79 Å². The third-order valence-corrected chi connectivity index (χ3v) is 5.23. The van der Waals surface area contributed by atoms with Crippen LogP contribution in [0.3, 0.4) is 0 Å². The van der Waals surface area contributed by atoms with Gasteiger partial charge in [0.05, 0.1) is 12.1 Å². The molecule has 0 saturated carbocycles. The summed E-state index contributed by atoms with van der Waals surface area (Å²) < 4.78 is 2.08. The number of aliphatic hydroxyl groups excluding tert-OH is 1. The molecule has 1 heterocycles. The first-order valence-corrected chi connectivity index (χ1v) is 8.99. The summed E-state index contributed by atoms with van der Waals surface area (Å²) in [6, 6.07) is 23.6. The lowest BCUT2D eigenvalue weighted by Gasteiger charge is -2.15. The molecule has 0 amide bonds. The molecule has 3 aromatic carbocycles. The molecule has 0 spiro atoms. The van der Waals surface area contributed by atoms with Crippen LogP contribution in [0.15, 0.2) is 77.6 Å². The molecule has 3 heteroatoms. The molecule has 0 saturated heterocycles.